The summed E-state index contributed by atoms with van der Waals surface area (Å²) in [5.41, 5.74) is 0.559. The minimum atomic E-state index is -3.58. The van der Waals surface area contributed by atoms with Crippen LogP contribution in [0, 0.1) is 0 Å². The molecule has 0 spiro atoms. The number of aryl methyl sites for hydroxylation is 1. The molecule has 0 aliphatic carbocycles. The van der Waals surface area contributed by atoms with Crippen LogP contribution < -0.4 is 10.0 Å². The molecule has 4 rings (SSSR count). The zero-order valence-electron chi connectivity index (χ0n) is 24.6. The van der Waals surface area contributed by atoms with Crippen molar-refractivity contribution < 1.29 is 46.6 Å². The number of benzene rings is 1. The Morgan fingerprint density at radius 3 is 2.40 bits per heavy atom. The van der Waals surface area contributed by atoms with Crippen molar-refractivity contribution in [1.82, 2.24) is 19.8 Å². The van der Waals surface area contributed by atoms with Crippen molar-refractivity contribution >= 4 is 39.7 Å². The SMILES string of the molecule is CC(C)(C)OC(=O)N1CC(S(=O)(=O)NCCOCCOCCCc2cccc3c2C(=O)N(C2CCC(=O)NC2=O)C3=O)C1. The van der Waals surface area contributed by atoms with E-state index in [1.165, 1.54) is 4.90 Å². The minimum Gasteiger partial charge on any atom is -0.444 e. The third kappa shape index (κ3) is 7.96. The molecule has 1 aromatic carbocycles. The summed E-state index contributed by atoms with van der Waals surface area (Å²) >= 11 is 0. The van der Waals surface area contributed by atoms with Crippen LogP contribution in [-0.4, -0.2) is 111 Å². The first-order valence-electron chi connectivity index (χ1n) is 14.2. The highest BCUT2D eigenvalue weighted by molar-refractivity contribution is 7.90. The predicted octanol–water partition coefficient (Wildman–Crippen LogP) is 0.592. The fourth-order valence-corrected chi connectivity index (χ4v) is 6.32. The molecule has 2 N–H and O–H groups in total. The summed E-state index contributed by atoms with van der Waals surface area (Å²) in [5, 5.41) is 1.50. The molecule has 3 aliphatic rings. The van der Waals surface area contributed by atoms with Gasteiger partial charge in [-0.25, -0.2) is 17.9 Å². The van der Waals surface area contributed by atoms with E-state index in [4.69, 9.17) is 14.2 Å². The van der Waals surface area contributed by atoms with Gasteiger partial charge in [0.05, 0.1) is 30.9 Å². The second-order valence-electron chi connectivity index (χ2n) is 11.6. The largest absolute Gasteiger partial charge is 0.444 e. The molecule has 15 heteroatoms. The van der Waals surface area contributed by atoms with Gasteiger partial charge in [0.25, 0.3) is 11.8 Å². The van der Waals surface area contributed by atoms with Gasteiger partial charge in [-0.2, -0.15) is 0 Å². The number of fused-ring (bicyclic) bond motifs is 1. The highest BCUT2D eigenvalue weighted by Crippen LogP contribution is 2.30. The molecule has 1 atom stereocenters. The van der Waals surface area contributed by atoms with Crippen LogP contribution >= 0.6 is 0 Å². The highest BCUT2D eigenvalue weighted by Gasteiger charge is 2.45. The number of carbonyl (C=O) groups excluding carboxylic acids is 5. The van der Waals surface area contributed by atoms with Gasteiger partial charge in [0.2, 0.25) is 21.8 Å². The number of likely N-dealkylation sites (tertiary alicyclic amines) is 1. The number of nitrogens with zero attached hydrogens (tertiary/aromatic N) is 2. The molecular weight excluding hydrogens is 584 g/mol. The van der Waals surface area contributed by atoms with Crippen LogP contribution in [0.25, 0.3) is 0 Å². The van der Waals surface area contributed by atoms with Crippen LogP contribution in [0.2, 0.25) is 0 Å². The molecule has 43 heavy (non-hydrogen) atoms. The summed E-state index contributed by atoms with van der Waals surface area (Å²) in [6.07, 6.45) is 0.667. The van der Waals surface area contributed by atoms with Gasteiger partial charge >= 0.3 is 6.09 Å². The summed E-state index contributed by atoms with van der Waals surface area (Å²) < 4.78 is 43.5. The zero-order chi connectivity index (χ0) is 31.4. The first kappa shape index (κ1) is 32.5. The number of imide groups is 2. The number of ether oxygens (including phenoxy) is 3. The van der Waals surface area contributed by atoms with Crippen molar-refractivity contribution in [2.24, 2.45) is 0 Å². The summed E-state index contributed by atoms with van der Waals surface area (Å²) in [4.78, 5) is 64.1. The summed E-state index contributed by atoms with van der Waals surface area (Å²) in [6.45, 7) is 6.55. The third-order valence-corrected chi connectivity index (χ3v) is 8.93. The standard InChI is InChI=1S/C28H38N4O10S/c1-28(2,3)42-27(37)31-16-19(17-31)43(38,39)29-11-13-41-15-14-40-12-5-7-18-6-4-8-20-23(18)26(36)32(25(20)35)21-9-10-22(33)30-24(21)34/h4,6,8,19,21,29H,5,7,9-17H2,1-3H3,(H,30,33,34). The molecule has 3 heterocycles. The number of hydrogen-bond donors (Lipinski definition) is 2. The fourth-order valence-electron chi connectivity index (χ4n) is 4.96. The smallest absolute Gasteiger partial charge is 0.410 e. The Bertz CT molecular complexity index is 1370. The lowest BCUT2D eigenvalue weighted by atomic mass is 9.99. The molecule has 0 aromatic heterocycles. The first-order chi connectivity index (χ1) is 20.3. The van der Waals surface area contributed by atoms with Gasteiger partial charge in [-0.05, 0) is 51.7 Å². The number of sulfonamides is 1. The Hall–Kier alpha value is -3.40. The Morgan fingerprint density at radius 1 is 1.02 bits per heavy atom. The molecule has 2 saturated heterocycles. The number of carbonyl (C=O) groups is 5. The van der Waals surface area contributed by atoms with E-state index in [1.807, 2.05) is 0 Å². The van der Waals surface area contributed by atoms with Gasteiger partial charge in [0, 0.05) is 32.7 Å². The first-order valence-corrected chi connectivity index (χ1v) is 15.8. The number of nitrogens with one attached hydrogen (secondary N) is 2. The molecule has 1 unspecified atom stereocenters. The maximum absolute atomic E-state index is 13.1. The molecule has 5 amide bonds. The summed E-state index contributed by atoms with van der Waals surface area (Å²) in [5.74, 6) is -2.15. The number of hydrogen-bond acceptors (Lipinski definition) is 10. The Morgan fingerprint density at radius 2 is 1.72 bits per heavy atom. The van der Waals surface area contributed by atoms with E-state index in [0.29, 0.717) is 25.0 Å². The number of amides is 5. The van der Waals surface area contributed by atoms with Crippen LogP contribution in [-0.2, 0) is 40.2 Å². The van der Waals surface area contributed by atoms with Crippen LogP contribution in [0.5, 0.6) is 0 Å². The minimum absolute atomic E-state index is 0.0596. The highest BCUT2D eigenvalue weighted by atomic mass is 32.2. The van der Waals surface area contributed by atoms with Crippen molar-refractivity contribution in [3.8, 4) is 0 Å². The van der Waals surface area contributed by atoms with Gasteiger partial charge in [-0.3, -0.25) is 29.4 Å². The van der Waals surface area contributed by atoms with Crippen LogP contribution in [0.1, 0.15) is 66.3 Å². The second-order valence-corrected chi connectivity index (χ2v) is 13.6. The third-order valence-electron chi connectivity index (χ3n) is 7.15. The van der Waals surface area contributed by atoms with E-state index < -0.39 is 56.6 Å². The molecule has 1 aromatic rings. The van der Waals surface area contributed by atoms with Gasteiger partial charge in [-0.15, -0.1) is 0 Å². The summed E-state index contributed by atoms with van der Waals surface area (Å²) in [7, 11) is -3.58. The Kier molecular flexibility index (Phi) is 10.2. The Balaban J connectivity index is 1.10. The normalized spacial score (nSPS) is 19.4. The lowest BCUT2D eigenvalue weighted by Crippen LogP contribution is -2.60. The van der Waals surface area contributed by atoms with Crippen LogP contribution in [0.15, 0.2) is 18.2 Å². The van der Waals surface area contributed by atoms with Crippen molar-refractivity contribution in [1.29, 1.82) is 0 Å². The van der Waals surface area contributed by atoms with Gasteiger partial charge in [0.1, 0.15) is 16.9 Å². The molecular formula is C28H38N4O10S. The van der Waals surface area contributed by atoms with Gasteiger partial charge < -0.3 is 19.1 Å². The van der Waals surface area contributed by atoms with Crippen LogP contribution in [0.3, 0.4) is 0 Å². The van der Waals surface area contributed by atoms with Gasteiger partial charge in [0.15, 0.2) is 0 Å². The second kappa shape index (κ2) is 13.5. The maximum Gasteiger partial charge on any atom is 0.410 e. The average Bonchev–Trinajstić information content (AvgIpc) is 3.13. The number of piperidine rings is 1. The summed E-state index contributed by atoms with van der Waals surface area (Å²) in [6, 6.07) is 4.01. The van der Waals surface area contributed by atoms with E-state index >= 15 is 0 Å². The van der Waals surface area contributed by atoms with E-state index in [1.54, 1.807) is 39.0 Å². The van der Waals surface area contributed by atoms with E-state index in [2.05, 4.69) is 10.0 Å². The molecule has 14 nitrogen and oxygen atoms in total. The topological polar surface area (TPSA) is 178 Å². The van der Waals surface area contributed by atoms with Crippen molar-refractivity contribution in [2.75, 3.05) is 46.1 Å². The molecule has 0 bridgehead atoms. The van der Waals surface area contributed by atoms with Gasteiger partial charge in [-0.1, -0.05) is 12.1 Å². The fraction of sp³-hybridized carbons (Fsp3) is 0.607. The van der Waals surface area contributed by atoms with Crippen molar-refractivity contribution in [2.45, 2.75) is 63.3 Å². The van der Waals surface area contributed by atoms with E-state index in [-0.39, 0.29) is 63.4 Å². The zero-order valence-corrected chi connectivity index (χ0v) is 25.4. The monoisotopic (exact) mass is 622 g/mol. The van der Waals surface area contributed by atoms with Crippen LogP contribution in [0.4, 0.5) is 4.79 Å². The quantitative estimate of drug-likeness (QED) is 0.234. The molecule has 236 valence electrons. The van der Waals surface area contributed by atoms with Crippen molar-refractivity contribution in [3.05, 3.63) is 34.9 Å². The Labute approximate surface area is 250 Å². The lowest BCUT2D eigenvalue weighted by molar-refractivity contribution is -0.136. The molecule has 0 radical (unpaired) electrons. The molecule has 2 fully saturated rings. The lowest BCUT2D eigenvalue weighted by Gasteiger charge is -2.39. The molecule has 3 aliphatic heterocycles. The predicted molar refractivity (Wildman–Crippen MR) is 152 cm³/mol. The maximum atomic E-state index is 13.1. The van der Waals surface area contributed by atoms with Crippen molar-refractivity contribution in [3.63, 3.8) is 0 Å². The van der Waals surface area contributed by atoms with E-state index in [0.717, 1.165) is 4.90 Å². The molecule has 0 saturated carbocycles. The number of rotatable bonds is 13. The average molecular weight is 623 g/mol. The van der Waals surface area contributed by atoms with E-state index in [9.17, 15) is 32.4 Å².